The SMILES string of the molecule is Cc1ccc(-n2nc(C3CCC(=O)NC3)c3ccncc32)cc1. The van der Waals surface area contributed by atoms with Crippen LogP contribution in [0.2, 0.25) is 0 Å². The van der Waals surface area contributed by atoms with Gasteiger partial charge in [-0.2, -0.15) is 5.10 Å². The summed E-state index contributed by atoms with van der Waals surface area (Å²) in [4.78, 5) is 15.7. The number of nitrogens with one attached hydrogen (secondary N) is 1. The molecule has 0 bridgehead atoms. The molecule has 4 rings (SSSR count). The molecule has 1 aromatic carbocycles. The lowest BCUT2D eigenvalue weighted by Crippen LogP contribution is -2.33. The fraction of sp³-hybridized carbons (Fsp3) is 0.278. The third kappa shape index (κ3) is 2.48. The molecular formula is C18H18N4O. The molecule has 5 heteroatoms. The van der Waals surface area contributed by atoms with Crippen LogP contribution in [0.15, 0.2) is 42.7 Å². The van der Waals surface area contributed by atoms with Gasteiger partial charge in [0.25, 0.3) is 0 Å². The van der Waals surface area contributed by atoms with Gasteiger partial charge in [0, 0.05) is 30.5 Å². The Kier molecular flexibility index (Phi) is 3.33. The van der Waals surface area contributed by atoms with Gasteiger partial charge in [-0.1, -0.05) is 17.7 Å². The molecule has 1 N–H and O–H groups in total. The molecule has 116 valence electrons. The molecule has 0 spiro atoms. The van der Waals surface area contributed by atoms with Gasteiger partial charge in [-0.3, -0.25) is 9.78 Å². The Bertz CT molecular complexity index is 856. The molecule has 1 unspecified atom stereocenters. The highest BCUT2D eigenvalue weighted by Gasteiger charge is 2.25. The van der Waals surface area contributed by atoms with E-state index in [9.17, 15) is 4.79 Å². The van der Waals surface area contributed by atoms with E-state index in [0.29, 0.717) is 13.0 Å². The lowest BCUT2D eigenvalue weighted by Gasteiger charge is -2.20. The Balaban J connectivity index is 1.83. The zero-order chi connectivity index (χ0) is 15.8. The van der Waals surface area contributed by atoms with E-state index in [4.69, 9.17) is 5.10 Å². The predicted octanol–water partition coefficient (Wildman–Crippen LogP) is 2.72. The standard InChI is InChI=1S/C18H18N4O/c1-12-2-5-14(6-3-12)22-16-11-19-9-8-15(16)18(21-22)13-4-7-17(23)20-10-13/h2-3,5-6,8-9,11,13H,4,7,10H2,1H3,(H,20,23). The molecule has 1 amide bonds. The lowest BCUT2D eigenvalue weighted by molar-refractivity contribution is -0.122. The number of piperidine rings is 1. The molecule has 1 aliphatic rings. The summed E-state index contributed by atoms with van der Waals surface area (Å²) in [5, 5.41) is 8.92. The first kappa shape index (κ1) is 13.9. The minimum absolute atomic E-state index is 0.130. The average Bonchev–Trinajstić information content (AvgIpc) is 2.96. The van der Waals surface area contributed by atoms with Crippen molar-refractivity contribution >= 4 is 16.8 Å². The van der Waals surface area contributed by atoms with E-state index in [2.05, 4.69) is 41.5 Å². The molecule has 0 radical (unpaired) electrons. The van der Waals surface area contributed by atoms with Crippen molar-refractivity contribution in [1.29, 1.82) is 0 Å². The van der Waals surface area contributed by atoms with Gasteiger partial charge in [-0.05, 0) is 31.5 Å². The average molecular weight is 306 g/mol. The number of carbonyl (C=O) groups is 1. The molecular weight excluding hydrogens is 288 g/mol. The number of aryl methyl sites for hydroxylation is 1. The molecule has 1 fully saturated rings. The molecule has 1 atom stereocenters. The van der Waals surface area contributed by atoms with Gasteiger partial charge in [-0.25, -0.2) is 4.68 Å². The molecule has 1 saturated heterocycles. The van der Waals surface area contributed by atoms with Crippen molar-refractivity contribution in [2.45, 2.75) is 25.7 Å². The number of amides is 1. The van der Waals surface area contributed by atoms with Crippen LogP contribution >= 0.6 is 0 Å². The number of hydrogen-bond donors (Lipinski definition) is 1. The molecule has 5 nitrogen and oxygen atoms in total. The highest BCUT2D eigenvalue weighted by atomic mass is 16.1. The maximum absolute atomic E-state index is 11.4. The number of fused-ring (bicyclic) bond motifs is 1. The minimum Gasteiger partial charge on any atom is -0.355 e. The summed E-state index contributed by atoms with van der Waals surface area (Å²) in [6, 6.07) is 10.3. The maximum Gasteiger partial charge on any atom is 0.220 e. The zero-order valence-electron chi connectivity index (χ0n) is 13.0. The molecule has 0 aliphatic carbocycles. The number of rotatable bonds is 2. The smallest absolute Gasteiger partial charge is 0.220 e. The van der Waals surface area contributed by atoms with E-state index in [1.165, 1.54) is 5.56 Å². The Hall–Kier alpha value is -2.69. The summed E-state index contributed by atoms with van der Waals surface area (Å²) in [7, 11) is 0. The number of benzene rings is 1. The number of hydrogen-bond acceptors (Lipinski definition) is 3. The normalized spacial score (nSPS) is 18.1. The Morgan fingerprint density at radius 2 is 2.04 bits per heavy atom. The summed E-state index contributed by atoms with van der Waals surface area (Å²) in [5.74, 6) is 0.384. The zero-order valence-corrected chi connectivity index (χ0v) is 13.0. The second-order valence-electron chi connectivity index (χ2n) is 6.07. The van der Waals surface area contributed by atoms with Crippen LogP contribution < -0.4 is 5.32 Å². The Morgan fingerprint density at radius 1 is 1.22 bits per heavy atom. The lowest BCUT2D eigenvalue weighted by atomic mass is 9.94. The van der Waals surface area contributed by atoms with Crippen molar-refractivity contribution in [3.8, 4) is 5.69 Å². The number of nitrogens with zero attached hydrogens (tertiary/aromatic N) is 3. The quantitative estimate of drug-likeness (QED) is 0.792. The maximum atomic E-state index is 11.4. The van der Waals surface area contributed by atoms with Gasteiger partial charge < -0.3 is 5.32 Å². The van der Waals surface area contributed by atoms with Crippen LogP contribution in [0.5, 0.6) is 0 Å². The first-order chi connectivity index (χ1) is 11.2. The van der Waals surface area contributed by atoms with Crippen LogP contribution in [0.25, 0.3) is 16.6 Å². The van der Waals surface area contributed by atoms with Crippen LogP contribution in [0.3, 0.4) is 0 Å². The fourth-order valence-electron chi connectivity index (χ4n) is 3.14. The first-order valence-electron chi connectivity index (χ1n) is 7.89. The summed E-state index contributed by atoms with van der Waals surface area (Å²) in [6.07, 6.45) is 5.06. The van der Waals surface area contributed by atoms with Crippen LogP contribution in [-0.4, -0.2) is 27.2 Å². The van der Waals surface area contributed by atoms with Crippen molar-refractivity contribution in [3.63, 3.8) is 0 Å². The summed E-state index contributed by atoms with van der Waals surface area (Å²) in [6.45, 7) is 2.73. The van der Waals surface area contributed by atoms with E-state index in [1.54, 1.807) is 6.20 Å². The van der Waals surface area contributed by atoms with Gasteiger partial charge in [-0.15, -0.1) is 0 Å². The molecule has 3 aromatic rings. The second kappa shape index (κ2) is 5.50. The largest absolute Gasteiger partial charge is 0.355 e. The van der Waals surface area contributed by atoms with Gasteiger partial charge >= 0.3 is 0 Å². The summed E-state index contributed by atoms with van der Waals surface area (Å²) in [5.41, 5.74) is 4.30. The first-order valence-corrected chi connectivity index (χ1v) is 7.89. The molecule has 1 aliphatic heterocycles. The van der Waals surface area contributed by atoms with Gasteiger partial charge in [0.1, 0.15) is 0 Å². The highest BCUT2D eigenvalue weighted by Crippen LogP contribution is 2.30. The van der Waals surface area contributed by atoms with E-state index in [-0.39, 0.29) is 11.8 Å². The van der Waals surface area contributed by atoms with Crippen molar-refractivity contribution in [2.75, 3.05) is 6.54 Å². The van der Waals surface area contributed by atoms with Gasteiger partial charge in [0.05, 0.1) is 23.1 Å². The highest BCUT2D eigenvalue weighted by molar-refractivity contribution is 5.84. The minimum atomic E-state index is 0.130. The van der Waals surface area contributed by atoms with Crippen LogP contribution in [0.1, 0.15) is 30.0 Å². The topological polar surface area (TPSA) is 59.8 Å². The van der Waals surface area contributed by atoms with E-state index in [0.717, 1.165) is 28.7 Å². The van der Waals surface area contributed by atoms with Crippen LogP contribution in [-0.2, 0) is 4.79 Å². The Morgan fingerprint density at radius 3 is 2.78 bits per heavy atom. The van der Waals surface area contributed by atoms with Gasteiger partial charge in [0.2, 0.25) is 5.91 Å². The second-order valence-corrected chi connectivity index (χ2v) is 6.07. The van der Waals surface area contributed by atoms with Crippen molar-refractivity contribution in [2.24, 2.45) is 0 Å². The molecule has 2 aromatic heterocycles. The number of carbonyl (C=O) groups excluding carboxylic acids is 1. The van der Waals surface area contributed by atoms with Crippen LogP contribution in [0, 0.1) is 6.92 Å². The summed E-state index contributed by atoms with van der Waals surface area (Å²) < 4.78 is 1.95. The van der Waals surface area contributed by atoms with E-state index in [1.807, 2.05) is 16.9 Å². The Labute approximate surface area is 134 Å². The van der Waals surface area contributed by atoms with Crippen LogP contribution in [0.4, 0.5) is 0 Å². The molecule has 0 saturated carbocycles. The summed E-state index contributed by atoms with van der Waals surface area (Å²) >= 11 is 0. The molecule has 3 heterocycles. The van der Waals surface area contributed by atoms with Crippen molar-refractivity contribution in [3.05, 3.63) is 54.0 Å². The van der Waals surface area contributed by atoms with Crippen molar-refractivity contribution in [1.82, 2.24) is 20.1 Å². The van der Waals surface area contributed by atoms with Crippen molar-refractivity contribution < 1.29 is 4.79 Å². The van der Waals surface area contributed by atoms with Gasteiger partial charge in [0.15, 0.2) is 0 Å². The van der Waals surface area contributed by atoms with E-state index >= 15 is 0 Å². The third-order valence-electron chi connectivity index (χ3n) is 4.44. The number of pyridine rings is 1. The fourth-order valence-corrected chi connectivity index (χ4v) is 3.14. The predicted molar refractivity (Wildman–Crippen MR) is 88.6 cm³/mol. The monoisotopic (exact) mass is 306 g/mol. The van der Waals surface area contributed by atoms with E-state index < -0.39 is 0 Å². The third-order valence-corrected chi connectivity index (χ3v) is 4.44. The number of aromatic nitrogens is 3. The molecule has 23 heavy (non-hydrogen) atoms.